The zero-order valence-electron chi connectivity index (χ0n) is 31.6. The van der Waals surface area contributed by atoms with Gasteiger partial charge in [0.15, 0.2) is 0 Å². The Hall–Kier alpha value is 3.83. The topological polar surface area (TPSA) is 1710 Å². The largest absolute Gasteiger partial charge is 2.00 e. The zero-order valence-corrected chi connectivity index (χ0v) is 61.2. The van der Waals surface area contributed by atoms with Crippen molar-refractivity contribution in [1.82, 2.24) is 0 Å². The van der Waals surface area contributed by atoms with E-state index < -0.39 is 0 Å². The summed E-state index contributed by atoms with van der Waals surface area (Å²) in [5, 5.41) is 0. The fraction of sp³-hybridized carbons (Fsp3) is 0. The van der Waals surface area contributed by atoms with Crippen molar-refractivity contribution in [3.63, 3.8) is 0 Å². The Kier molecular flexibility index (Phi) is 9730000. The molecule has 0 radical (unpaired) electrons. The van der Waals surface area contributed by atoms with Crippen LogP contribution in [0.2, 0.25) is 0 Å². The summed E-state index contributed by atoms with van der Waals surface area (Å²) in [7, 11) is 0. The van der Waals surface area contributed by atoms with Crippen molar-refractivity contribution in [1.29, 1.82) is 0 Å². The summed E-state index contributed by atoms with van der Waals surface area (Å²) in [6, 6.07) is 0. The third-order valence-electron chi connectivity index (χ3n) is 0. The summed E-state index contributed by atoms with van der Waals surface area (Å²) in [5.74, 6) is 0. The minimum Gasteiger partial charge on any atom is -2.00 e. The van der Waals surface area contributed by atoms with Crippen molar-refractivity contribution in [3.05, 3.63) is 0 Å². The fourth-order valence-electron chi connectivity index (χ4n) is 0. The van der Waals surface area contributed by atoms with E-state index in [9.17, 15) is 0 Å². The van der Waals surface area contributed by atoms with Crippen LogP contribution < -0.4 is 0 Å². The molecule has 0 heterocycles. The molecule has 70 heteroatoms. The van der Waals surface area contributed by atoms with Gasteiger partial charge in [-0.05, 0) is 0 Å². The Morgan fingerprint density at radius 1 is 0.0286 bits per heavy atom. The quantitative estimate of drug-likeness (QED) is 0.204. The molecule has 0 unspecified atom stereocenters. The second-order valence-corrected chi connectivity index (χ2v) is 0. The van der Waals surface area contributed by atoms with Crippen LogP contribution in [0.5, 0.6) is 0 Å². The molecule has 0 rings (SSSR count). The number of hydrogen-bond acceptors (Lipinski definition) is 0. The minimum absolute atomic E-state index is 0. The maximum Gasteiger partial charge on any atom is 2.00 e. The van der Waals surface area contributed by atoms with Crippen LogP contribution in [0.25, 0.3) is 0 Å². The molecule has 0 atom stereocenters. The summed E-state index contributed by atoms with van der Waals surface area (Å²) in [4.78, 5) is 0. The summed E-state index contributed by atoms with van der Waals surface area (Å²) in [6.45, 7) is 0. The van der Waals surface area contributed by atoms with Crippen LogP contribution in [0.1, 0.15) is 0 Å². The van der Waals surface area contributed by atoms with E-state index in [4.69, 9.17) is 0 Å². The number of hydrogen-bond donors (Lipinski definition) is 0. The van der Waals surface area contributed by atoms with Gasteiger partial charge in [-0.1, -0.05) is 0 Å². The van der Waals surface area contributed by atoms with E-state index in [0.29, 0.717) is 0 Å². The van der Waals surface area contributed by atoms with E-state index in [0.717, 1.165) is 0 Å². The van der Waals surface area contributed by atoms with Crippen LogP contribution in [-0.2, 0) is 523 Å². The molecule has 0 aliphatic heterocycles. The molecule has 0 spiro atoms. The predicted octanol–water partition coefficient (Wildman–Crippen LogP) is -7.15. The Labute approximate surface area is 519 Å². The monoisotopic (exact) mass is 1600 g/mol. The van der Waals surface area contributed by atoms with Crippen LogP contribution in [0.15, 0.2) is 0 Å². The van der Waals surface area contributed by atoms with Gasteiger partial charge in [-0.2, -0.15) is 0 Å². The Morgan fingerprint density at radius 2 is 0.0286 bits per heavy atom. The van der Waals surface area contributed by atoms with Crippen LogP contribution in [-0.4, -0.2) is 0 Å². The maximum absolute atomic E-state index is 0. The van der Waals surface area contributed by atoms with Gasteiger partial charge in [-0.25, -0.2) is 0 Å². The average molecular weight is 1610 g/mol. The standard InChI is InChI=1S/60O.10Zn/q60*-2;10*+2. The molecule has 60 nitrogen and oxygen atoms in total. The molecule has 0 saturated heterocycles. The normalized spacial score (nSPS) is 0. The first-order chi connectivity index (χ1) is 0. The molecule has 480 valence electrons. The van der Waals surface area contributed by atoms with Crippen LogP contribution in [0, 0.1) is 0 Å². The van der Waals surface area contributed by atoms with Crippen LogP contribution >= 0.6 is 0 Å². The van der Waals surface area contributed by atoms with Crippen molar-refractivity contribution >= 4 is 0 Å². The van der Waals surface area contributed by atoms with Gasteiger partial charge in [0, 0.05) is 0 Å². The Balaban J connectivity index is 0. The predicted molar refractivity (Wildman–Crippen MR) is 41.2 cm³/mol. The molecule has 0 aliphatic rings. The third-order valence-corrected chi connectivity index (χ3v) is 0. The second-order valence-electron chi connectivity index (χ2n) is 0. The molecule has 0 fully saturated rings. The minimum atomic E-state index is 0. The van der Waals surface area contributed by atoms with E-state index in [1.54, 1.807) is 0 Å². The molecule has 0 bridgehead atoms. The second kappa shape index (κ2) is 25600. The van der Waals surface area contributed by atoms with Crippen LogP contribution in [0.3, 0.4) is 0 Å². The number of rotatable bonds is 0. The van der Waals surface area contributed by atoms with Gasteiger partial charge in [-0.15, -0.1) is 0 Å². The first kappa shape index (κ1) is 26600. The van der Waals surface area contributed by atoms with E-state index in [-0.39, 0.29) is 523 Å². The molecule has 0 aromatic heterocycles. The van der Waals surface area contributed by atoms with Gasteiger partial charge in [0.05, 0.1) is 0 Å². The molecular weight excluding hydrogens is 1610 g/mol. The molecule has 70 heavy (non-hydrogen) atoms. The van der Waals surface area contributed by atoms with Gasteiger partial charge in [0.1, 0.15) is 0 Å². The van der Waals surface area contributed by atoms with E-state index in [1.165, 1.54) is 0 Å². The SMILES string of the molecule is [O-2].[O-2].[O-2].[O-2].[O-2].[O-2].[O-2].[O-2].[O-2].[O-2].[O-2].[O-2].[O-2].[O-2].[O-2].[O-2].[O-2].[O-2].[O-2].[O-2].[O-2].[O-2].[O-2].[O-2].[O-2].[O-2].[O-2].[O-2].[O-2].[O-2].[O-2].[O-2].[O-2].[O-2].[O-2].[O-2].[O-2].[O-2].[O-2].[O-2].[O-2].[O-2].[O-2].[O-2].[O-2].[O-2].[O-2].[O-2].[O-2].[O-2].[O-2].[O-2].[O-2].[O-2].[O-2].[O-2].[O-2].[O-2].[O-2].[O-2].[Zn+2].[Zn+2].[Zn+2].[Zn+2].[Zn+2].[Zn+2].[Zn+2].[Zn+2].[Zn+2].[Zn+2]. The van der Waals surface area contributed by atoms with Crippen LogP contribution in [0.4, 0.5) is 0 Å². The van der Waals surface area contributed by atoms with E-state index >= 15 is 0 Å². The summed E-state index contributed by atoms with van der Waals surface area (Å²) < 4.78 is 0. The van der Waals surface area contributed by atoms with Gasteiger partial charge in [-0.3, -0.25) is 0 Å². The summed E-state index contributed by atoms with van der Waals surface area (Å²) in [6.07, 6.45) is 0. The van der Waals surface area contributed by atoms with Gasteiger partial charge in [0.2, 0.25) is 0 Å². The maximum atomic E-state index is 0. The van der Waals surface area contributed by atoms with Crippen molar-refractivity contribution in [2.75, 3.05) is 0 Å². The molecular formula is O60Zn10-100. The van der Waals surface area contributed by atoms with Gasteiger partial charge in [0.25, 0.3) is 0 Å². The van der Waals surface area contributed by atoms with Gasteiger partial charge >= 0.3 is 195 Å². The third kappa shape index (κ3) is 24500. The summed E-state index contributed by atoms with van der Waals surface area (Å²) in [5.41, 5.74) is 0. The molecule has 0 aromatic rings. The Bertz CT molecular complexity index is 41.4. The van der Waals surface area contributed by atoms with Crippen molar-refractivity contribution in [3.8, 4) is 0 Å². The molecule has 0 aliphatic carbocycles. The van der Waals surface area contributed by atoms with E-state index in [2.05, 4.69) is 0 Å². The fourth-order valence-corrected chi connectivity index (χ4v) is 0. The van der Waals surface area contributed by atoms with E-state index in [1.807, 2.05) is 0 Å². The average Bonchev–Trinajstić information content (AvgIpc) is 0. The first-order valence-electron chi connectivity index (χ1n) is 0. The Morgan fingerprint density at radius 3 is 0.0286 bits per heavy atom. The summed E-state index contributed by atoms with van der Waals surface area (Å²) >= 11 is 0. The zero-order chi connectivity index (χ0) is 0. The molecule has 0 saturated carbocycles. The smallest absolute Gasteiger partial charge is 2.00 e. The van der Waals surface area contributed by atoms with Crippen molar-refractivity contribution < 1.29 is 523 Å². The van der Waals surface area contributed by atoms with Crippen molar-refractivity contribution in [2.45, 2.75) is 0 Å². The molecule has 0 amide bonds. The first-order valence-corrected chi connectivity index (χ1v) is 0. The van der Waals surface area contributed by atoms with Crippen molar-refractivity contribution in [2.24, 2.45) is 0 Å². The van der Waals surface area contributed by atoms with Gasteiger partial charge < -0.3 is 329 Å². The molecule has 0 N–H and O–H groups in total. The molecule has 0 aromatic carbocycles.